The number of carboxylic acids is 1. The van der Waals surface area contributed by atoms with Gasteiger partial charge in [0, 0.05) is 12.1 Å². The Bertz CT molecular complexity index is 548. The standard InChI is InChI=1S/C15H20FN3O4/c16-11-6-4-10(5-7-11)14(21)18-8-2-1-3-12(15(22)23)19-13(20)9-17/h4-7,12H,1-3,8-9,17H2,(H,18,21)(H,19,20)(H,22,23)/t12-/m0/s1. The lowest BCUT2D eigenvalue weighted by Gasteiger charge is -2.13. The zero-order chi connectivity index (χ0) is 17.2. The Morgan fingerprint density at radius 3 is 2.39 bits per heavy atom. The molecule has 2 amide bonds. The van der Waals surface area contributed by atoms with Gasteiger partial charge in [-0.1, -0.05) is 0 Å². The van der Waals surface area contributed by atoms with Crippen molar-refractivity contribution in [1.29, 1.82) is 0 Å². The third-order valence-electron chi connectivity index (χ3n) is 3.13. The van der Waals surface area contributed by atoms with Crippen molar-refractivity contribution >= 4 is 17.8 Å². The smallest absolute Gasteiger partial charge is 0.326 e. The van der Waals surface area contributed by atoms with Crippen molar-refractivity contribution in [2.45, 2.75) is 25.3 Å². The van der Waals surface area contributed by atoms with Crippen LogP contribution in [0.4, 0.5) is 4.39 Å². The molecule has 0 aliphatic rings. The number of halogens is 1. The largest absolute Gasteiger partial charge is 0.480 e. The van der Waals surface area contributed by atoms with Gasteiger partial charge in [-0.15, -0.1) is 0 Å². The van der Waals surface area contributed by atoms with Gasteiger partial charge in [0.1, 0.15) is 11.9 Å². The van der Waals surface area contributed by atoms with Crippen LogP contribution in [-0.4, -0.2) is 42.0 Å². The van der Waals surface area contributed by atoms with Crippen molar-refractivity contribution in [3.8, 4) is 0 Å². The highest BCUT2D eigenvalue weighted by Crippen LogP contribution is 2.04. The summed E-state index contributed by atoms with van der Waals surface area (Å²) in [6, 6.07) is 4.18. The minimum absolute atomic E-state index is 0.244. The van der Waals surface area contributed by atoms with Crippen molar-refractivity contribution in [1.82, 2.24) is 10.6 Å². The Labute approximate surface area is 133 Å². The molecular formula is C15H20FN3O4. The van der Waals surface area contributed by atoms with Crippen LogP contribution in [0, 0.1) is 5.82 Å². The van der Waals surface area contributed by atoms with E-state index in [0.717, 1.165) is 0 Å². The quantitative estimate of drug-likeness (QED) is 0.485. The lowest BCUT2D eigenvalue weighted by Crippen LogP contribution is -2.43. The molecule has 1 atom stereocenters. The summed E-state index contributed by atoms with van der Waals surface area (Å²) < 4.78 is 12.7. The number of benzene rings is 1. The van der Waals surface area contributed by atoms with E-state index in [2.05, 4.69) is 10.6 Å². The van der Waals surface area contributed by atoms with Crippen LogP contribution in [0.1, 0.15) is 29.6 Å². The molecule has 0 aromatic heterocycles. The second kappa shape index (κ2) is 9.52. The number of carbonyl (C=O) groups excluding carboxylic acids is 2. The zero-order valence-electron chi connectivity index (χ0n) is 12.5. The van der Waals surface area contributed by atoms with Gasteiger partial charge in [0.25, 0.3) is 5.91 Å². The van der Waals surface area contributed by atoms with Crippen LogP contribution in [0.15, 0.2) is 24.3 Å². The number of amides is 2. The highest BCUT2D eigenvalue weighted by atomic mass is 19.1. The fraction of sp³-hybridized carbons (Fsp3) is 0.400. The number of nitrogens with one attached hydrogen (secondary N) is 2. The molecule has 0 bridgehead atoms. The van der Waals surface area contributed by atoms with E-state index in [-0.39, 0.29) is 18.9 Å². The van der Waals surface area contributed by atoms with Crippen molar-refractivity contribution in [2.75, 3.05) is 13.1 Å². The average Bonchev–Trinajstić information content (AvgIpc) is 2.53. The third kappa shape index (κ3) is 6.88. The SMILES string of the molecule is NCC(=O)N[C@@H](CCCCNC(=O)c1ccc(F)cc1)C(=O)O. The summed E-state index contributed by atoms with van der Waals surface area (Å²) in [7, 11) is 0. The Balaban J connectivity index is 2.28. The fourth-order valence-corrected chi connectivity index (χ4v) is 1.89. The summed E-state index contributed by atoms with van der Waals surface area (Å²) >= 11 is 0. The van der Waals surface area contributed by atoms with Gasteiger partial charge in [-0.3, -0.25) is 9.59 Å². The van der Waals surface area contributed by atoms with Crippen LogP contribution < -0.4 is 16.4 Å². The van der Waals surface area contributed by atoms with E-state index in [0.29, 0.717) is 24.9 Å². The Morgan fingerprint density at radius 1 is 1.17 bits per heavy atom. The molecule has 8 heteroatoms. The third-order valence-corrected chi connectivity index (χ3v) is 3.13. The molecule has 1 aromatic rings. The first-order valence-corrected chi connectivity index (χ1v) is 7.20. The minimum atomic E-state index is -1.12. The van der Waals surface area contributed by atoms with Crippen LogP contribution in [0.3, 0.4) is 0 Å². The topological polar surface area (TPSA) is 122 Å². The van der Waals surface area contributed by atoms with E-state index in [9.17, 15) is 18.8 Å². The van der Waals surface area contributed by atoms with E-state index in [1.807, 2.05) is 0 Å². The number of hydrogen-bond acceptors (Lipinski definition) is 4. The first-order valence-electron chi connectivity index (χ1n) is 7.20. The van der Waals surface area contributed by atoms with Crippen molar-refractivity contribution in [3.63, 3.8) is 0 Å². The number of aliphatic carboxylic acids is 1. The van der Waals surface area contributed by atoms with Crippen molar-refractivity contribution < 1.29 is 23.9 Å². The highest BCUT2D eigenvalue weighted by Gasteiger charge is 2.18. The van der Waals surface area contributed by atoms with Crippen LogP contribution in [0.25, 0.3) is 0 Å². The molecule has 1 aromatic carbocycles. The minimum Gasteiger partial charge on any atom is -0.480 e. The summed E-state index contributed by atoms with van der Waals surface area (Å²) in [5, 5.41) is 13.9. The summed E-state index contributed by atoms with van der Waals surface area (Å²) in [4.78, 5) is 33.8. The van der Waals surface area contributed by atoms with E-state index < -0.39 is 23.7 Å². The molecule has 126 valence electrons. The van der Waals surface area contributed by atoms with Crippen LogP contribution in [0.2, 0.25) is 0 Å². The van der Waals surface area contributed by atoms with E-state index in [1.165, 1.54) is 24.3 Å². The van der Waals surface area contributed by atoms with E-state index in [4.69, 9.17) is 10.8 Å². The average molecular weight is 325 g/mol. The van der Waals surface area contributed by atoms with Gasteiger partial charge in [-0.25, -0.2) is 9.18 Å². The maximum Gasteiger partial charge on any atom is 0.326 e. The second-order valence-corrected chi connectivity index (χ2v) is 4.92. The summed E-state index contributed by atoms with van der Waals surface area (Å²) in [5.74, 6) is -2.39. The van der Waals surface area contributed by atoms with Gasteiger partial charge in [-0.2, -0.15) is 0 Å². The molecule has 0 saturated carbocycles. The number of unbranched alkanes of at least 4 members (excludes halogenated alkanes) is 1. The number of rotatable bonds is 9. The Morgan fingerprint density at radius 2 is 1.83 bits per heavy atom. The summed E-state index contributed by atoms with van der Waals surface area (Å²) in [6.45, 7) is 0.0882. The number of nitrogens with two attached hydrogens (primary N) is 1. The molecule has 1 rings (SSSR count). The molecule has 0 heterocycles. The maximum absolute atomic E-state index is 12.7. The molecule has 5 N–H and O–H groups in total. The summed E-state index contributed by atoms with van der Waals surface area (Å²) in [6.07, 6.45) is 1.30. The highest BCUT2D eigenvalue weighted by molar-refractivity contribution is 5.94. The molecule has 0 unspecified atom stereocenters. The number of carbonyl (C=O) groups is 3. The van der Waals surface area contributed by atoms with Gasteiger partial charge in [-0.05, 0) is 43.5 Å². The van der Waals surface area contributed by atoms with Crippen molar-refractivity contribution in [3.05, 3.63) is 35.6 Å². The predicted octanol–water partition coefficient (Wildman–Crippen LogP) is 0.254. The fourth-order valence-electron chi connectivity index (χ4n) is 1.89. The first kappa shape index (κ1) is 18.6. The molecular weight excluding hydrogens is 305 g/mol. The molecule has 0 aliphatic carbocycles. The van der Waals surface area contributed by atoms with Crippen LogP contribution in [0.5, 0.6) is 0 Å². The molecule has 23 heavy (non-hydrogen) atoms. The Kier molecular flexibility index (Phi) is 7.69. The molecule has 0 spiro atoms. The molecule has 0 saturated heterocycles. The lowest BCUT2D eigenvalue weighted by atomic mass is 10.1. The van der Waals surface area contributed by atoms with E-state index in [1.54, 1.807) is 0 Å². The second-order valence-electron chi connectivity index (χ2n) is 4.92. The Hall–Kier alpha value is -2.48. The predicted molar refractivity (Wildman–Crippen MR) is 81.2 cm³/mol. The monoisotopic (exact) mass is 325 g/mol. The normalized spacial score (nSPS) is 11.6. The molecule has 0 fully saturated rings. The molecule has 0 aliphatic heterocycles. The maximum atomic E-state index is 12.7. The number of carboxylic acid groups (broad SMARTS) is 1. The van der Waals surface area contributed by atoms with Crippen LogP contribution in [-0.2, 0) is 9.59 Å². The summed E-state index contributed by atoms with van der Waals surface area (Å²) in [5.41, 5.74) is 5.47. The van der Waals surface area contributed by atoms with Gasteiger partial charge >= 0.3 is 5.97 Å². The van der Waals surface area contributed by atoms with Crippen LogP contribution >= 0.6 is 0 Å². The van der Waals surface area contributed by atoms with Gasteiger partial charge in [0.2, 0.25) is 5.91 Å². The molecule has 7 nitrogen and oxygen atoms in total. The van der Waals surface area contributed by atoms with Crippen molar-refractivity contribution in [2.24, 2.45) is 5.73 Å². The van der Waals surface area contributed by atoms with Gasteiger partial charge in [0.15, 0.2) is 0 Å². The van der Waals surface area contributed by atoms with Gasteiger partial charge in [0.05, 0.1) is 6.54 Å². The van der Waals surface area contributed by atoms with E-state index >= 15 is 0 Å². The molecule has 0 radical (unpaired) electrons. The van der Waals surface area contributed by atoms with Gasteiger partial charge < -0.3 is 21.5 Å². The lowest BCUT2D eigenvalue weighted by molar-refractivity contribution is -0.141. The number of hydrogen-bond donors (Lipinski definition) is 4. The first-order chi connectivity index (χ1) is 10.9. The zero-order valence-corrected chi connectivity index (χ0v) is 12.5.